The number of benzene rings is 1. The highest BCUT2D eigenvalue weighted by atomic mass is 79.9. The lowest BCUT2D eigenvalue weighted by molar-refractivity contribution is 0.228. The predicted molar refractivity (Wildman–Crippen MR) is 90.9 cm³/mol. The van der Waals surface area contributed by atoms with Crippen molar-refractivity contribution in [2.45, 2.75) is 51.0 Å². The molecule has 2 aliphatic rings. The van der Waals surface area contributed by atoms with Gasteiger partial charge in [0.15, 0.2) is 0 Å². The quantitative estimate of drug-likeness (QED) is 0.810. The van der Waals surface area contributed by atoms with Gasteiger partial charge in [0, 0.05) is 6.04 Å². The molecule has 2 atom stereocenters. The number of methoxy groups -OCH3 is 1. The minimum absolute atomic E-state index is 0.836. The molecule has 2 nitrogen and oxygen atoms in total. The third-order valence-corrected chi connectivity index (χ3v) is 5.65. The van der Waals surface area contributed by atoms with Gasteiger partial charge < -0.3 is 10.1 Å². The first-order valence-corrected chi connectivity index (χ1v) is 9.11. The number of hydrogen-bond donors (Lipinski definition) is 1. The maximum absolute atomic E-state index is 5.33. The Morgan fingerprint density at radius 3 is 2.57 bits per heavy atom. The Hall–Kier alpha value is -0.540. The zero-order chi connectivity index (χ0) is 14.7. The van der Waals surface area contributed by atoms with Crippen molar-refractivity contribution in [3.05, 3.63) is 28.2 Å². The smallest absolute Gasteiger partial charge is 0.133 e. The fourth-order valence-electron chi connectivity index (χ4n) is 3.57. The number of rotatable bonds is 6. The number of nitrogens with one attached hydrogen (secondary N) is 1. The van der Waals surface area contributed by atoms with Crippen molar-refractivity contribution in [2.24, 2.45) is 11.8 Å². The predicted octanol–water partition coefficient (Wildman–Crippen LogP) is 4.56. The maximum Gasteiger partial charge on any atom is 0.133 e. The Balaban J connectivity index is 1.61. The van der Waals surface area contributed by atoms with Crippen LogP contribution in [0, 0.1) is 11.8 Å². The van der Waals surface area contributed by atoms with Gasteiger partial charge in [0.05, 0.1) is 11.6 Å². The topological polar surface area (TPSA) is 21.3 Å². The van der Waals surface area contributed by atoms with Gasteiger partial charge in [-0.05, 0) is 84.1 Å². The van der Waals surface area contributed by atoms with Crippen LogP contribution >= 0.6 is 15.9 Å². The summed E-state index contributed by atoms with van der Waals surface area (Å²) in [6, 6.07) is 7.38. The molecule has 21 heavy (non-hydrogen) atoms. The zero-order valence-corrected chi connectivity index (χ0v) is 14.5. The molecule has 2 saturated carbocycles. The average Bonchev–Trinajstić information content (AvgIpc) is 3.31. The van der Waals surface area contributed by atoms with Crippen molar-refractivity contribution < 1.29 is 4.74 Å². The van der Waals surface area contributed by atoms with E-state index in [1.807, 2.05) is 0 Å². The molecular formula is C18H26BrNO. The molecule has 0 heterocycles. The molecule has 3 heteroatoms. The molecular weight excluding hydrogens is 326 g/mol. The molecule has 2 fully saturated rings. The summed E-state index contributed by atoms with van der Waals surface area (Å²) in [4.78, 5) is 0. The third kappa shape index (κ3) is 4.23. The van der Waals surface area contributed by atoms with E-state index in [1.54, 1.807) is 7.11 Å². The summed E-state index contributed by atoms with van der Waals surface area (Å²) >= 11 is 3.61. The third-order valence-electron chi connectivity index (χ3n) is 5.03. The number of halogens is 1. The Morgan fingerprint density at radius 1 is 1.14 bits per heavy atom. The van der Waals surface area contributed by atoms with Gasteiger partial charge in [-0.1, -0.05) is 18.9 Å². The fraction of sp³-hybridized carbons (Fsp3) is 0.667. The normalized spacial score (nSPS) is 25.8. The minimum Gasteiger partial charge on any atom is -0.496 e. The first-order chi connectivity index (χ1) is 10.3. The van der Waals surface area contributed by atoms with Crippen molar-refractivity contribution >= 4 is 15.9 Å². The summed E-state index contributed by atoms with van der Waals surface area (Å²) in [6.45, 7) is 1.23. The molecule has 3 rings (SSSR count). The van der Waals surface area contributed by atoms with Gasteiger partial charge in [0.25, 0.3) is 0 Å². The Labute approximate surface area is 136 Å². The number of ether oxygens (including phenoxy) is 1. The Morgan fingerprint density at radius 2 is 1.90 bits per heavy atom. The molecule has 0 bridgehead atoms. The van der Waals surface area contributed by atoms with Crippen molar-refractivity contribution in [3.63, 3.8) is 0 Å². The van der Waals surface area contributed by atoms with E-state index >= 15 is 0 Å². The minimum atomic E-state index is 0.836. The molecule has 116 valence electrons. The van der Waals surface area contributed by atoms with Crippen LogP contribution in [-0.2, 0) is 6.42 Å². The van der Waals surface area contributed by atoms with Crippen LogP contribution in [0.25, 0.3) is 0 Å². The average molecular weight is 352 g/mol. The van der Waals surface area contributed by atoms with E-state index in [2.05, 4.69) is 39.4 Å². The van der Waals surface area contributed by atoms with E-state index in [4.69, 9.17) is 4.74 Å². The zero-order valence-electron chi connectivity index (χ0n) is 12.9. The summed E-state index contributed by atoms with van der Waals surface area (Å²) in [5.41, 5.74) is 1.44. The van der Waals surface area contributed by atoms with Gasteiger partial charge in [0.1, 0.15) is 5.75 Å². The second kappa shape index (κ2) is 7.15. The lowest BCUT2D eigenvalue weighted by Gasteiger charge is -2.32. The Kier molecular flexibility index (Phi) is 5.23. The van der Waals surface area contributed by atoms with Crippen LogP contribution < -0.4 is 10.1 Å². The van der Waals surface area contributed by atoms with Gasteiger partial charge >= 0.3 is 0 Å². The van der Waals surface area contributed by atoms with Crippen LogP contribution in [0.2, 0.25) is 0 Å². The van der Waals surface area contributed by atoms with Crippen LogP contribution in [0.5, 0.6) is 5.75 Å². The monoisotopic (exact) mass is 351 g/mol. The van der Waals surface area contributed by atoms with Crippen molar-refractivity contribution in [3.8, 4) is 5.75 Å². The van der Waals surface area contributed by atoms with Crippen LogP contribution in [0.1, 0.15) is 44.1 Å². The van der Waals surface area contributed by atoms with E-state index in [1.165, 1.54) is 57.1 Å². The molecule has 1 aromatic rings. The van der Waals surface area contributed by atoms with Crippen LogP contribution in [0.3, 0.4) is 0 Å². The van der Waals surface area contributed by atoms with E-state index in [0.717, 1.165) is 28.1 Å². The van der Waals surface area contributed by atoms with Crippen molar-refractivity contribution in [1.29, 1.82) is 0 Å². The van der Waals surface area contributed by atoms with Crippen LogP contribution in [-0.4, -0.2) is 19.7 Å². The molecule has 2 aliphatic carbocycles. The molecule has 0 spiro atoms. The standard InChI is InChI=1S/C18H26BrNO/c1-21-18-9-6-13(11-17(18)19)10-14-4-2-3-5-15(14)12-20-16-7-8-16/h6,9,11,14-16,20H,2-5,7-8,10,12H2,1H3. The highest BCUT2D eigenvalue weighted by Gasteiger charge is 2.28. The lowest BCUT2D eigenvalue weighted by atomic mass is 9.76. The van der Waals surface area contributed by atoms with Crippen molar-refractivity contribution in [2.75, 3.05) is 13.7 Å². The van der Waals surface area contributed by atoms with E-state index in [0.29, 0.717) is 0 Å². The first kappa shape index (κ1) is 15.4. The largest absolute Gasteiger partial charge is 0.496 e. The SMILES string of the molecule is COc1ccc(CC2CCCCC2CNC2CC2)cc1Br. The molecule has 0 amide bonds. The number of hydrogen-bond acceptors (Lipinski definition) is 2. The van der Waals surface area contributed by atoms with Crippen LogP contribution in [0.15, 0.2) is 22.7 Å². The molecule has 1 aromatic carbocycles. The van der Waals surface area contributed by atoms with E-state index in [-0.39, 0.29) is 0 Å². The van der Waals surface area contributed by atoms with Gasteiger partial charge in [-0.25, -0.2) is 0 Å². The second-order valence-corrected chi connectivity index (χ2v) is 7.51. The molecule has 2 unspecified atom stereocenters. The van der Waals surface area contributed by atoms with Crippen LogP contribution in [0.4, 0.5) is 0 Å². The van der Waals surface area contributed by atoms with Gasteiger partial charge in [-0.2, -0.15) is 0 Å². The van der Waals surface area contributed by atoms with Gasteiger partial charge in [-0.3, -0.25) is 0 Å². The highest BCUT2D eigenvalue weighted by molar-refractivity contribution is 9.10. The van der Waals surface area contributed by atoms with Gasteiger partial charge in [-0.15, -0.1) is 0 Å². The molecule has 1 N–H and O–H groups in total. The molecule has 0 aliphatic heterocycles. The van der Waals surface area contributed by atoms with Crippen molar-refractivity contribution in [1.82, 2.24) is 5.32 Å². The summed E-state index contributed by atoms with van der Waals surface area (Å²) < 4.78 is 6.40. The first-order valence-electron chi connectivity index (χ1n) is 8.32. The lowest BCUT2D eigenvalue weighted by Crippen LogP contribution is -2.32. The highest BCUT2D eigenvalue weighted by Crippen LogP contribution is 2.34. The fourth-order valence-corrected chi connectivity index (χ4v) is 4.16. The summed E-state index contributed by atoms with van der Waals surface area (Å²) in [7, 11) is 1.72. The second-order valence-electron chi connectivity index (χ2n) is 6.66. The molecule has 0 saturated heterocycles. The summed E-state index contributed by atoms with van der Waals surface area (Å²) in [6.07, 6.45) is 9.61. The maximum atomic E-state index is 5.33. The summed E-state index contributed by atoms with van der Waals surface area (Å²) in [5, 5.41) is 3.74. The Bertz CT molecular complexity index is 472. The van der Waals surface area contributed by atoms with E-state index in [9.17, 15) is 0 Å². The van der Waals surface area contributed by atoms with E-state index < -0.39 is 0 Å². The summed E-state index contributed by atoms with van der Waals surface area (Å²) in [5.74, 6) is 2.62. The molecule has 0 aromatic heterocycles. The molecule has 0 radical (unpaired) electrons. The van der Waals surface area contributed by atoms with Gasteiger partial charge in [0.2, 0.25) is 0 Å².